The van der Waals surface area contributed by atoms with Crippen molar-refractivity contribution in [2.75, 3.05) is 5.32 Å². The van der Waals surface area contributed by atoms with Gasteiger partial charge in [-0.15, -0.1) is 0 Å². The quantitative estimate of drug-likeness (QED) is 0.269. The van der Waals surface area contributed by atoms with Crippen LogP contribution in [0.4, 0.5) is 18.9 Å². The number of hydroxylamine groups is 1. The number of hydrogen-bond acceptors (Lipinski definition) is 4. The van der Waals surface area contributed by atoms with E-state index in [-0.39, 0.29) is 29.0 Å². The molecule has 168 valence electrons. The SMILES string of the molecule is O=C1Cc2cc(C(=O)NC(C(=O)NO)c3ccc(-c4cc(F)c(F)c(F)c4)cc3)ccc2N1. The highest BCUT2D eigenvalue weighted by Crippen LogP contribution is 2.27. The first-order valence-electron chi connectivity index (χ1n) is 9.69. The maximum absolute atomic E-state index is 13.5. The lowest BCUT2D eigenvalue weighted by molar-refractivity contribution is -0.131. The van der Waals surface area contributed by atoms with Gasteiger partial charge in [0.2, 0.25) is 5.91 Å². The van der Waals surface area contributed by atoms with Crippen LogP contribution in [0.1, 0.15) is 27.5 Å². The molecule has 0 spiro atoms. The highest BCUT2D eigenvalue weighted by atomic mass is 19.2. The highest BCUT2D eigenvalue weighted by Gasteiger charge is 2.25. The first-order chi connectivity index (χ1) is 15.8. The van der Waals surface area contributed by atoms with Crippen LogP contribution < -0.4 is 16.1 Å². The average molecular weight is 455 g/mol. The van der Waals surface area contributed by atoms with Crippen molar-refractivity contribution >= 4 is 23.4 Å². The molecule has 0 radical (unpaired) electrons. The van der Waals surface area contributed by atoms with Crippen molar-refractivity contribution in [1.82, 2.24) is 10.8 Å². The minimum Gasteiger partial charge on any atom is -0.336 e. The van der Waals surface area contributed by atoms with Gasteiger partial charge < -0.3 is 10.6 Å². The number of fused-ring (bicyclic) bond motifs is 1. The molecule has 0 saturated heterocycles. The zero-order valence-electron chi connectivity index (χ0n) is 16.8. The van der Waals surface area contributed by atoms with E-state index in [4.69, 9.17) is 5.21 Å². The van der Waals surface area contributed by atoms with Gasteiger partial charge in [0, 0.05) is 11.3 Å². The summed E-state index contributed by atoms with van der Waals surface area (Å²) >= 11 is 0. The first kappa shape index (κ1) is 22.0. The highest BCUT2D eigenvalue weighted by molar-refractivity contribution is 6.02. The molecule has 4 rings (SSSR count). The Morgan fingerprint density at radius 2 is 1.61 bits per heavy atom. The predicted octanol–water partition coefficient (Wildman–Crippen LogP) is 3.24. The normalized spacial score (nSPS) is 13.2. The number of rotatable bonds is 5. The van der Waals surface area contributed by atoms with Gasteiger partial charge in [-0.1, -0.05) is 24.3 Å². The van der Waals surface area contributed by atoms with Gasteiger partial charge >= 0.3 is 0 Å². The third-order valence-electron chi connectivity index (χ3n) is 5.20. The summed E-state index contributed by atoms with van der Waals surface area (Å²) in [5.74, 6) is -6.01. The Labute approximate surface area is 185 Å². The summed E-state index contributed by atoms with van der Waals surface area (Å²) < 4.78 is 40.3. The molecule has 0 aromatic heterocycles. The van der Waals surface area contributed by atoms with E-state index in [9.17, 15) is 27.6 Å². The number of anilines is 1. The molecule has 1 atom stereocenters. The standard InChI is InChI=1S/C23H16F3N3O4/c24-16-8-14(9-17(25)20(16)26)11-1-3-12(4-2-11)21(23(32)29-33)28-22(31)13-5-6-18-15(7-13)10-19(30)27-18/h1-9,21,33H,10H2,(H,27,30)(H,28,31)(H,29,32). The summed E-state index contributed by atoms with van der Waals surface area (Å²) in [6.07, 6.45) is 0.128. The van der Waals surface area contributed by atoms with Crippen LogP contribution in [0.5, 0.6) is 0 Å². The Bertz CT molecular complexity index is 1260. The van der Waals surface area contributed by atoms with Crippen molar-refractivity contribution in [3.05, 3.63) is 88.7 Å². The molecule has 0 aliphatic carbocycles. The number of hydrogen-bond donors (Lipinski definition) is 4. The van der Waals surface area contributed by atoms with Crippen molar-refractivity contribution in [3.63, 3.8) is 0 Å². The van der Waals surface area contributed by atoms with Gasteiger partial charge in [-0.05, 0) is 52.6 Å². The smallest absolute Gasteiger partial charge is 0.270 e. The number of halogens is 3. The van der Waals surface area contributed by atoms with Crippen molar-refractivity contribution in [2.45, 2.75) is 12.5 Å². The van der Waals surface area contributed by atoms with Crippen LogP contribution in [0.25, 0.3) is 11.1 Å². The van der Waals surface area contributed by atoms with E-state index in [0.717, 1.165) is 12.1 Å². The fourth-order valence-electron chi connectivity index (χ4n) is 3.54. The second-order valence-electron chi connectivity index (χ2n) is 7.36. The van der Waals surface area contributed by atoms with Gasteiger partial charge in [0.25, 0.3) is 11.8 Å². The first-order valence-corrected chi connectivity index (χ1v) is 9.69. The summed E-state index contributed by atoms with van der Waals surface area (Å²) in [6.45, 7) is 0. The van der Waals surface area contributed by atoms with Crippen LogP contribution in [0, 0.1) is 17.5 Å². The third-order valence-corrected chi connectivity index (χ3v) is 5.20. The van der Waals surface area contributed by atoms with E-state index in [0.29, 0.717) is 16.8 Å². The summed E-state index contributed by atoms with van der Waals surface area (Å²) in [6, 6.07) is 10.6. The molecule has 1 unspecified atom stereocenters. The van der Waals surface area contributed by atoms with E-state index < -0.39 is 35.3 Å². The van der Waals surface area contributed by atoms with Crippen molar-refractivity contribution in [3.8, 4) is 11.1 Å². The van der Waals surface area contributed by atoms with E-state index in [1.54, 1.807) is 6.07 Å². The van der Waals surface area contributed by atoms with Crippen LogP contribution in [-0.2, 0) is 16.0 Å². The number of nitrogens with one attached hydrogen (secondary N) is 3. The van der Waals surface area contributed by atoms with Crippen LogP contribution >= 0.6 is 0 Å². The second kappa shape index (κ2) is 8.75. The molecule has 0 bridgehead atoms. The lowest BCUT2D eigenvalue weighted by Gasteiger charge is -2.18. The Morgan fingerprint density at radius 3 is 2.24 bits per heavy atom. The molecule has 7 nitrogen and oxygen atoms in total. The Morgan fingerprint density at radius 1 is 0.939 bits per heavy atom. The minimum atomic E-state index is -1.58. The predicted molar refractivity (Wildman–Crippen MR) is 111 cm³/mol. The fourth-order valence-corrected chi connectivity index (χ4v) is 3.54. The Balaban J connectivity index is 1.58. The monoisotopic (exact) mass is 455 g/mol. The van der Waals surface area contributed by atoms with Gasteiger partial charge in [0.1, 0.15) is 6.04 Å². The summed E-state index contributed by atoms with van der Waals surface area (Å²) in [5.41, 5.74) is 3.60. The molecule has 3 aromatic carbocycles. The van der Waals surface area contributed by atoms with Crippen molar-refractivity contribution in [1.29, 1.82) is 0 Å². The number of carbonyl (C=O) groups is 3. The molecule has 0 fully saturated rings. The van der Waals surface area contributed by atoms with Crippen LogP contribution in [0.3, 0.4) is 0 Å². The fraction of sp³-hybridized carbons (Fsp3) is 0.0870. The Kier molecular flexibility index (Phi) is 5.84. The maximum Gasteiger partial charge on any atom is 0.270 e. The molecule has 1 aliphatic rings. The van der Waals surface area contributed by atoms with Crippen LogP contribution in [0.2, 0.25) is 0 Å². The summed E-state index contributed by atoms with van der Waals surface area (Å²) in [4.78, 5) is 36.5. The van der Waals surface area contributed by atoms with E-state index in [1.807, 2.05) is 0 Å². The molecule has 10 heteroatoms. The number of benzene rings is 3. The molecule has 1 aliphatic heterocycles. The maximum atomic E-state index is 13.5. The van der Waals surface area contributed by atoms with E-state index in [2.05, 4.69) is 10.6 Å². The molecular weight excluding hydrogens is 439 g/mol. The largest absolute Gasteiger partial charge is 0.336 e. The lowest BCUT2D eigenvalue weighted by Crippen LogP contribution is -2.39. The van der Waals surface area contributed by atoms with Gasteiger partial charge in [0.15, 0.2) is 17.5 Å². The molecule has 0 saturated carbocycles. The molecule has 3 amide bonds. The van der Waals surface area contributed by atoms with Gasteiger partial charge in [-0.25, -0.2) is 18.7 Å². The third kappa shape index (κ3) is 4.41. The average Bonchev–Trinajstić information content (AvgIpc) is 3.19. The van der Waals surface area contributed by atoms with Crippen LogP contribution in [0.15, 0.2) is 54.6 Å². The molecule has 4 N–H and O–H groups in total. The van der Waals surface area contributed by atoms with E-state index in [1.165, 1.54) is 41.9 Å². The Hall–Kier alpha value is -4.18. The van der Waals surface area contributed by atoms with Crippen molar-refractivity contribution in [2.24, 2.45) is 0 Å². The molecule has 3 aromatic rings. The number of amides is 3. The lowest BCUT2D eigenvalue weighted by atomic mass is 9.99. The topological polar surface area (TPSA) is 108 Å². The minimum absolute atomic E-state index is 0.0754. The summed E-state index contributed by atoms with van der Waals surface area (Å²) in [7, 11) is 0. The molecule has 33 heavy (non-hydrogen) atoms. The van der Waals surface area contributed by atoms with Gasteiger partial charge in [-0.3, -0.25) is 19.6 Å². The van der Waals surface area contributed by atoms with Gasteiger partial charge in [0.05, 0.1) is 6.42 Å². The van der Waals surface area contributed by atoms with Gasteiger partial charge in [-0.2, -0.15) is 0 Å². The second-order valence-corrected chi connectivity index (χ2v) is 7.36. The zero-order valence-corrected chi connectivity index (χ0v) is 16.8. The molecular formula is C23H16F3N3O4. The van der Waals surface area contributed by atoms with Crippen LogP contribution in [-0.4, -0.2) is 22.9 Å². The summed E-state index contributed by atoms with van der Waals surface area (Å²) in [5, 5.41) is 14.3. The number of carbonyl (C=O) groups excluding carboxylic acids is 3. The molecule has 1 heterocycles. The van der Waals surface area contributed by atoms with E-state index >= 15 is 0 Å². The van der Waals surface area contributed by atoms with Crippen molar-refractivity contribution < 1.29 is 32.8 Å². The zero-order chi connectivity index (χ0) is 23.7.